The third-order valence-electron chi connectivity index (χ3n) is 1.07. The van der Waals surface area contributed by atoms with E-state index in [9.17, 15) is 0 Å². The molecule has 0 unspecified atom stereocenters. The van der Waals surface area contributed by atoms with Crippen LogP contribution in [0.15, 0.2) is 0 Å². The first-order chi connectivity index (χ1) is 4.92. The Balaban J connectivity index is 3.15. The van der Waals surface area contributed by atoms with Crippen LogP contribution in [0.2, 0.25) is 0 Å². The lowest BCUT2D eigenvalue weighted by atomic mass is 10.2. The van der Waals surface area contributed by atoms with Crippen LogP contribution in [0.4, 0.5) is 0 Å². The van der Waals surface area contributed by atoms with Gasteiger partial charge in [0.15, 0.2) is 0 Å². The van der Waals surface area contributed by atoms with Gasteiger partial charge in [-0.15, -0.1) is 0 Å². The summed E-state index contributed by atoms with van der Waals surface area (Å²) in [5, 5.41) is 0. The SMILES string of the molecule is CC(C)OCCOC(C)(C)C. The topological polar surface area (TPSA) is 18.5 Å². The predicted molar refractivity (Wildman–Crippen MR) is 46.8 cm³/mol. The van der Waals surface area contributed by atoms with Gasteiger partial charge in [-0.2, -0.15) is 0 Å². The molecular formula is C9H20O2. The molecule has 0 aromatic carbocycles. The molecule has 0 aromatic heterocycles. The molecule has 0 aliphatic heterocycles. The van der Waals surface area contributed by atoms with Crippen molar-refractivity contribution in [2.75, 3.05) is 13.2 Å². The standard InChI is InChI=1S/C9H20O2/c1-8(2)10-6-7-11-9(3,4)5/h8H,6-7H2,1-5H3. The first-order valence-electron chi connectivity index (χ1n) is 4.17. The van der Waals surface area contributed by atoms with Crippen LogP contribution in [0.25, 0.3) is 0 Å². The van der Waals surface area contributed by atoms with Crippen molar-refractivity contribution in [1.82, 2.24) is 0 Å². The molecule has 0 aromatic rings. The Hall–Kier alpha value is -0.0800. The first kappa shape index (κ1) is 10.9. The number of hydrogen-bond acceptors (Lipinski definition) is 2. The lowest BCUT2D eigenvalue weighted by Crippen LogP contribution is -2.22. The van der Waals surface area contributed by atoms with Crippen molar-refractivity contribution < 1.29 is 9.47 Å². The lowest BCUT2D eigenvalue weighted by Gasteiger charge is -2.19. The normalized spacial score (nSPS) is 12.5. The van der Waals surface area contributed by atoms with Gasteiger partial charge in [0.1, 0.15) is 0 Å². The van der Waals surface area contributed by atoms with Crippen molar-refractivity contribution in [3.63, 3.8) is 0 Å². The lowest BCUT2D eigenvalue weighted by molar-refractivity contribution is -0.0455. The van der Waals surface area contributed by atoms with Crippen molar-refractivity contribution in [3.8, 4) is 0 Å². The predicted octanol–water partition coefficient (Wildman–Crippen LogP) is 2.23. The van der Waals surface area contributed by atoms with Gasteiger partial charge in [0.05, 0.1) is 24.9 Å². The van der Waals surface area contributed by atoms with E-state index >= 15 is 0 Å². The van der Waals surface area contributed by atoms with Crippen LogP contribution in [0.5, 0.6) is 0 Å². The largest absolute Gasteiger partial charge is 0.376 e. The molecule has 2 nitrogen and oxygen atoms in total. The minimum atomic E-state index is -0.0413. The fourth-order valence-electron chi connectivity index (χ4n) is 0.632. The van der Waals surface area contributed by atoms with Crippen LogP contribution < -0.4 is 0 Å². The fourth-order valence-corrected chi connectivity index (χ4v) is 0.632. The van der Waals surface area contributed by atoms with Crippen LogP contribution in [-0.2, 0) is 9.47 Å². The Labute approximate surface area is 69.9 Å². The van der Waals surface area contributed by atoms with Crippen molar-refractivity contribution in [2.24, 2.45) is 0 Å². The van der Waals surface area contributed by atoms with E-state index in [0.29, 0.717) is 19.3 Å². The maximum absolute atomic E-state index is 5.45. The summed E-state index contributed by atoms with van der Waals surface area (Å²) < 4.78 is 10.8. The number of rotatable bonds is 4. The molecule has 0 N–H and O–H groups in total. The smallest absolute Gasteiger partial charge is 0.0707 e. The summed E-state index contributed by atoms with van der Waals surface area (Å²) in [6.07, 6.45) is 0.304. The fraction of sp³-hybridized carbons (Fsp3) is 1.00. The molecule has 0 saturated heterocycles. The van der Waals surface area contributed by atoms with E-state index < -0.39 is 0 Å². The van der Waals surface area contributed by atoms with Crippen molar-refractivity contribution in [2.45, 2.75) is 46.3 Å². The average Bonchev–Trinajstić information content (AvgIpc) is 1.78. The number of ether oxygens (including phenoxy) is 2. The maximum Gasteiger partial charge on any atom is 0.0707 e. The van der Waals surface area contributed by atoms with Gasteiger partial charge < -0.3 is 9.47 Å². The third-order valence-corrected chi connectivity index (χ3v) is 1.07. The molecule has 0 spiro atoms. The van der Waals surface area contributed by atoms with E-state index in [0.717, 1.165) is 0 Å². The second-order valence-corrected chi connectivity index (χ2v) is 3.88. The zero-order valence-electron chi connectivity index (χ0n) is 8.31. The van der Waals surface area contributed by atoms with Crippen LogP contribution in [0, 0.1) is 0 Å². The maximum atomic E-state index is 5.45. The highest BCUT2D eigenvalue weighted by molar-refractivity contribution is 4.57. The minimum absolute atomic E-state index is 0.0413. The second kappa shape index (κ2) is 4.73. The van der Waals surface area contributed by atoms with E-state index in [1.54, 1.807) is 0 Å². The zero-order valence-corrected chi connectivity index (χ0v) is 8.31. The summed E-state index contributed by atoms with van der Waals surface area (Å²) in [6, 6.07) is 0. The molecule has 68 valence electrons. The molecule has 11 heavy (non-hydrogen) atoms. The van der Waals surface area contributed by atoms with E-state index in [-0.39, 0.29) is 5.60 Å². The number of hydrogen-bond donors (Lipinski definition) is 0. The summed E-state index contributed by atoms with van der Waals surface area (Å²) in [6.45, 7) is 11.6. The molecule has 0 atom stereocenters. The second-order valence-electron chi connectivity index (χ2n) is 3.88. The summed E-state index contributed by atoms with van der Waals surface area (Å²) in [5.74, 6) is 0. The third kappa shape index (κ3) is 9.92. The van der Waals surface area contributed by atoms with E-state index in [4.69, 9.17) is 9.47 Å². The van der Waals surface area contributed by atoms with Crippen LogP contribution in [0.1, 0.15) is 34.6 Å². The Bertz CT molecular complexity index is 92.2. The van der Waals surface area contributed by atoms with Crippen molar-refractivity contribution >= 4 is 0 Å². The van der Waals surface area contributed by atoms with Crippen LogP contribution >= 0.6 is 0 Å². The molecule has 0 aliphatic carbocycles. The Kier molecular flexibility index (Phi) is 4.69. The molecule has 0 aliphatic rings. The molecule has 0 rings (SSSR count). The Morgan fingerprint density at radius 1 is 1.09 bits per heavy atom. The van der Waals surface area contributed by atoms with Gasteiger partial charge in [-0.1, -0.05) is 0 Å². The quantitative estimate of drug-likeness (QED) is 0.587. The minimum Gasteiger partial charge on any atom is -0.376 e. The van der Waals surface area contributed by atoms with Gasteiger partial charge in [-0.25, -0.2) is 0 Å². The average molecular weight is 160 g/mol. The highest BCUT2D eigenvalue weighted by Crippen LogP contribution is 2.05. The van der Waals surface area contributed by atoms with Gasteiger partial charge in [0, 0.05) is 0 Å². The highest BCUT2D eigenvalue weighted by Gasteiger charge is 2.08. The van der Waals surface area contributed by atoms with Gasteiger partial charge >= 0.3 is 0 Å². The Morgan fingerprint density at radius 3 is 2.00 bits per heavy atom. The summed E-state index contributed by atoms with van der Waals surface area (Å²) in [5.41, 5.74) is -0.0413. The summed E-state index contributed by atoms with van der Waals surface area (Å²) >= 11 is 0. The van der Waals surface area contributed by atoms with E-state index in [2.05, 4.69) is 0 Å². The van der Waals surface area contributed by atoms with Gasteiger partial charge in [0.2, 0.25) is 0 Å². The highest BCUT2D eigenvalue weighted by atomic mass is 16.5. The molecule has 0 fully saturated rings. The molecule has 2 heteroatoms. The summed E-state index contributed by atoms with van der Waals surface area (Å²) in [7, 11) is 0. The van der Waals surface area contributed by atoms with Crippen LogP contribution in [-0.4, -0.2) is 24.9 Å². The molecular weight excluding hydrogens is 140 g/mol. The van der Waals surface area contributed by atoms with Gasteiger partial charge in [-0.3, -0.25) is 0 Å². The Morgan fingerprint density at radius 2 is 1.64 bits per heavy atom. The van der Waals surface area contributed by atoms with Crippen LogP contribution in [0.3, 0.4) is 0 Å². The van der Waals surface area contributed by atoms with Crippen molar-refractivity contribution in [3.05, 3.63) is 0 Å². The first-order valence-corrected chi connectivity index (χ1v) is 4.17. The van der Waals surface area contributed by atoms with E-state index in [1.165, 1.54) is 0 Å². The van der Waals surface area contributed by atoms with Crippen molar-refractivity contribution in [1.29, 1.82) is 0 Å². The monoisotopic (exact) mass is 160 g/mol. The summed E-state index contributed by atoms with van der Waals surface area (Å²) in [4.78, 5) is 0. The molecule has 0 heterocycles. The van der Waals surface area contributed by atoms with Gasteiger partial charge in [0.25, 0.3) is 0 Å². The van der Waals surface area contributed by atoms with E-state index in [1.807, 2.05) is 34.6 Å². The zero-order chi connectivity index (χ0) is 8.91. The molecule has 0 saturated carbocycles. The molecule has 0 radical (unpaired) electrons. The molecule has 0 bridgehead atoms. The molecule has 0 amide bonds. The van der Waals surface area contributed by atoms with Gasteiger partial charge in [-0.05, 0) is 34.6 Å².